The van der Waals surface area contributed by atoms with E-state index in [2.05, 4.69) is 61.0 Å². The van der Waals surface area contributed by atoms with Gasteiger partial charge in [0.05, 0.1) is 0 Å². The molecule has 3 heteroatoms. The molecule has 32 heavy (non-hydrogen) atoms. The Hall–Kier alpha value is -0.481. The SMILES string of the molecule is CCC[CH2][Sn](/[CH]=C/CN(CCC)C1CCc2ccc(OC)cc2C1)([CH2]CCC)[CH2]CCC. The van der Waals surface area contributed by atoms with Crippen LogP contribution in [0.25, 0.3) is 0 Å². The van der Waals surface area contributed by atoms with E-state index in [4.69, 9.17) is 4.74 Å². The van der Waals surface area contributed by atoms with Crippen LogP contribution in [0.5, 0.6) is 5.75 Å². The molecule has 0 amide bonds. The van der Waals surface area contributed by atoms with Crippen LogP contribution >= 0.6 is 0 Å². The number of benzene rings is 1. The molecule has 182 valence electrons. The molecule has 2 nitrogen and oxygen atoms in total. The minimum atomic E-state index is -2.17. The van der Waals surface area contributed by atoms with Crippen LogP contribution in [-0.4, -0.2) is 49.5 Å². The average Bonchev–Trinajstić information content (AvgIpc) is 2.83. The van der Waals surface area contributed by atoms with Crippen LogP contribution in [0, 0.1) is 0 Å². The Labute approximate surface area is 204 Å². The molecular formula is C29H51NOSn. The van der Waals surface area contributed by atoms with Crippen molar-refractivity contribution in [2.45, 2.75) is 111 Å². The van der Waals surface area contributed by atoms with Crippen molar-refractivity contribution in [3.8, 4) is 5.75 Å². The third-order valence-corrected chi connectivity index (χ3v) is 21.8. The molecule has 0 saturated heterocycles. The van der Waals surface area contributed by atoms with Gasteiger partial charge in [-0.2, -0.15) is 0 Å². The molecule has 2 rings (SSSR count). The summed E-state index contributed by atoms with van der Waals surface area (Å²) in [6, 6.07) is 7.36. The van der Waals surface area contributed by atoms with Gasteiger partial charge in [0, 0.05) is 0 Å². The summed E-state index contributed by atoms with van der Waals surface area (Å²) in [5, 5.41) is 0. The standard InChI is InChI=1S/C17H24NO.3C4H9.Sn/c1-4-10-18(11-5-2)16-8-6-14-7-9-17(19-3)13-15(14)12-16;3*1-3-4-2;/h1,4,7,9,13,16H,5-6,8,10-12H2,2-3H3;3*1,3-4H2,2H3;. The molecule has 1 aliphatic rings. The van der Waals surface area contributed by atoms with Gasteiger partial charge in [0.1, 0.15) is 0 Å². The molecule has 1 atom stereocenters. The van der Waals surface area contributed by atoms with Gasteiger partial charge in [-0.25, -0.2) is 0 Å². The van der Waals surface area contributed by atoms with E-state index in [9.17, 15) is 0 Å². The molecule has 0 bridgehead atoms. The molecule has 0 spiro atoms. The quantitative estimate of drug-likeness (QED) is 0.193. The number of unbranched alkanes of at least 4 members (excludes halogenated alkanes) is 3. The Morgan fingerprint density at radius 2 is 1.59 bits per heavy atom. The molecule has 0 N–H and O–H groups in total. The van der Waals surface area contributed by atoms with E-state index in [-0.39, 0.29) is 0 Å². The molecule has 0 fully saturated rings. The zero-order valence-electron chi connectivity index (χ0n) is 21.9. The van der Waals surface area contributed by atoms with Crippen molar-refractivity contribution >= 4 is 18.4 Å². The second-order valence-electron chi connectivity index (χ2n) is 10.1. The Morgan fingerprint density at radius 1 is 0.938 bits per heavy atom. The van der Waals surface area contributed by atoms with Crippen LogP contribution in [0.15, 0.2) is 28.4 Å². The fourth-order valence-electron chi connectivity index (χ4n) is 5.51. The van der Waals surface area contributed by atoms with Gasteiger partial charge >= 0.3 is 205 Å². The van der Waals surface area contributed by atoms with E-state index >= 15 is 0 Å². The summed E-state index contributed by atoms with van der Waals surface area (Å²) in [5.41, 5.74) is 3.04. The van der Waals surface area contributed by atoms with Crippen LogP contribution in [0.1, 0.15) is 90.2 Å². The van der Waals surface area contributed by atoms with E-state index in [0.29, 0.717) is 6.04 Å². The van der Waals surface area contributed by atoms with Gasteiger partial charge in [-0.15, -0.1) is 0 Å². The topological polar surface area (TPSA) is 12.5 Å². The van der Waals surface area contributed by atoms with Crippen LogP contribution in [-0.2, 0) is 12.8 Å². The van der Waals surface area contributed by atoms with Gasteiger partial charge in [-0.05, 0) is 0 Å². The molecule has 0 radical (unpaired) electrons. The van der Waals surface area contributed by atoms with E-state index < -0.39 is 18.4 Å². The van der Waals surface area contributed by atoms with Crippen molar-refractivity contribution in [2.24, 2.45) is 0 Å². The van der Waals surface area contributed by atoms with Crippen molar-refractivity contribution in [3.05, 3.63) is 39.5 Å². The van der Waals surface area contributed by atoms with Crippen molar-refractivity contribution in [1.29, 1.82) is 0 Å². The molecule has 1 aliphatic carbocycles. The average molecular weight is 548 g/mol. The van der Waals surface area contributed by atoms with E-state index in [1.807, 2.05) is 0 Å². The monoisotopic (exact) mass is 549 g/mol. The molecule has 1 unspecified atom stereocenters. The van der Waals surface area contributed by atoms with E-state index in [1.54, 1.807) is 20.4 Å². The van der Waals surface area contributed by atoms with Crippen molar-refractivity contribution in [1.82, 2.24) is 4.90 Å². The number of methoxy groups -OCH3 is 1. The van der Waals surface area contributed by atoms with Gasteiger partial charge < -0.3 is 0 Å². The first-order chi connectivity index (χ1) is 15.6. The van der Waals surface area contributed by atoms with Gasteiger partial charge in [-0.3, -0.25) is 0 Å². The molecule has 1 aromatic carbocycles. The number of nitrogens with zero attached hydrogens (tertiary/aromatic N) is 1. The maximum absolute atomic E-state index is 5.50. The predicted molar refractivity (Wildman–Crippen MR) is 145 cm³/mol. The van der Waals surface area contributed by atoms with Gasteiger partial charge in [0.2, 0.25) is 0 Å². The van der Waals surface area contributed by atoms with Crippen LogP contribution in [0.3, 0.4) is 0 Å². The number of rotatable bonds is 16. The number of hydrogen-bond acceptors (Lipinski definition) is 2. The minimum absolute atomic E-state index is 0.672. The van der Waals surface area contributed by atoms with E-state index in [1.165, 1.54) is 81.9 Å². The molecule has 0 heterocycles. The van der Waals surface area contributed by atoms with Crippen LogP contribution < -0.4 is 4.74 Å². The summed E-state index contributed by atoms with van der Waals surface area (Å²) in [5.74, 6) is 1.01. The maximum atomic E-state index is 5.50. The summed E-state index contributed by atoms with van der Waals surface area (Å²) in [4.78, 5) is 2.79. The Balaban J connectivity index is 2.11. The Morgan fingerprint density at radius 3 is 2.16 bits per heavy atom. The fourth-order valence-corrected chi connectivity index (χ4v) is 19.9. The summed E-state index contributed by atoms with van der Waals surface area (Å²) in [7, 11) is 1.78. The third-order valence-electron chi connectivity index (χ3n) is 7.54. The van der Waals surface area contributed by atoms with E-state index in [0.717, 1.165) is 12.3 Å². The fraction of sp³-hybridized carbons (Fsp3) is 0.724. The number of aryl methyl sites for hydroxylation is 1. The number of fused-ring (bicyclic) bond motifs is 1. The second kappa shape index (κ2) is 15.4. The first-order valence-corrected chi connectivity index (χ1v) is 21.4. The first-order valence-electron chi connectivity index (χ1n) is 13.7. The Bertz CT molecular complexity index is 649. The number of ether oxygens (including phenoxy) is 1. The van der Waals surface area contributed by atoms with Gasteiger partial charge in [-0.1, -0.05) is 0 Å². The molecule has 0 aliphatic heterocycles. The van der Waals surface area contributed by atoms with Crippen molar-refractivity contribution in [2.75, 3.05) is 20.2 Å². The summed E-state index contributed by atoms with van der Waals surface area (Å²) in [6.45, 7) is 11.8. The van der Waals surface area contributed by atoms with Crippen LogP contribution in [0.2, 0.25) is 13.3 Å². The first kappa shape index (κ1) is 27.8. The zero-order valence-corrected chi connectivity index (χ0v) is 24.8. The summed E-state index contributed by atoms with van der Waals surface area (Å²) >= 11 is -2.17. The predicted octanol–water partition coefficient (Wildman–Crippen LogP) is 8.21. The normalized spacial score (nSPS) is 16.6. The Kier molecular flexibility index (Phi) is 13.4. The zero-order chi connectivity index (χ0) is 23.2. The van der Waals surface area contributed by atoms with Gasteiger partial charge in [0.25, 0.3) is 0 Å². The number of hydrogen-bond donors (Lipinski definition) is 0. The summed E-state index contributed by atoms with van der Waals surface area (Å²) < 4.78 is 13.1. The van der Waals surface area contributed by atoms with Crippen LogP contribution in [0.4, 0.5) is 0 Å². The van der Waals surface area contributed by atoms with Crippen molar-refractivity contribution < 1.29 is 4.74 Å². The molecular weight excluding hydrogens is 497 g/mol. The van der Waals surface area contributed by atoms with Gasteiger partial charge in [0.15, 0.2) is 0 Å². The molecule has 0 saturated carbocycles. The second-order valence-corrected chi connectivity index (χ2v) is 23.1. The molecule has 1 aromatic rings. The molecule has 0 aromatic heterocycles. The third kappa shape index (κ3) is 8.70. The van der Waals surface area contributed by atoms with Crippen molar-refractivity contribution in [3.63, 3.8) is 0 Å². The summed E-state index contributed by atoms with van der Waals surface area (Å²) in [6.07, 6.45) is 16.0.